The third kappa shape index (κ3) is 7.18. The molecule has 2 N–H and O–H groups in total. The third-order valence-electron chi connectivity index (χ3n) is 2.50. The number of halogens is 5. The highest BCUT2D eigenvalue weighted by Gasteiger charge is 2.18. The normalized spacial score (nSPS) is 11.9. The fourth-order valence-corrected chi connectivity index (χ4v) is 1.81. The number of nitrogens with zero attached hydrogens (tertiary/aromatic N) is 2. The van der Waals surface area contributed by atoms with Crippen molar-refractivity contribution >= 4 is 12.6 Å². The van der Waals surface area contributed by atoms with Crippen LogP contribution in [0.5, 0.6) is 5.75 Å². The number of aromatic nitrogens is 2. The van der Waals surface area contributed by atoms with Crippen molar-refractivity contribution in [3.8, 4) is 16.9 Å². The van der Waals surface area contributed by atoms with E-state index in [1.54, 1.807) is 13.8 Å². The summed E-state index contributed by atoms with van der Waals surface area (Å²) in [7, 11) is 0. The number of phenolic OH excluding ortho intramolecular Hbond substituents is 1. The van der Waals surface area contributed by atoms with Gasteiger partial charge in [-0.25, -0.2) is 8.78 Å². The Kier molecular flexibility index (Phi) is 6.23. The number of hydrogen-bond acceptors (Lipinski definition) is 4. The van der Waals surface area contributed by atoms with Gasteiger partial charge in [-0.1, -0.05) is 12.6 Å². The van der Waals surface area contributed by atoms with E-state index in [4.69, 9.17) is 5.11 Å². The maximum absolute atomic E-state index is 13.7. The van der Waals surface area contributed by atoms with Crippen LogP contribution < -0.4 is 0 Å². The second kappa shape index (κ2) is 7.39. The fraction of sp³-hybridized carbons (Fsp3) is 0.357. The molecule has 0 radical (unpaired) electrons. The van der Waals surface area contributed by atoms with Gasteiger partial charge in [0.2, 0.25) is 0 Å². The molecular weight excluding hydrogens is 355 g/mol. The van der Waals surface area contributed by atoms with Crippen LogP contribution >= 0.6 is 12.6 Å². The van der Waals surface area contributed by atoms with Crippen LogP contribution in [-0.4, -0.2) is 31.1 Å². The first-order valence-electron chi connectivity index (χ1n) is 6.48. The minimum atomic E-state index is -4.31. The van der Waals surface area contributed by atoms with Gasteiger partial charge in [0.15, 0.2) is 0 Å². The van der Waals surface area contributed by atoms with E-state index in [0.717, 1.165) is 12.1 Å². The number of alkyl halides is 3. The molecule has 0 spiro atoms. The van der Waals surface area contributed by atoms with E-state index in [1.165, 1.54) is 17.1 Å². The number of aliphatic hydroxyl groups is 1. The number of aromatic hydroxyl groups is 1. The van der Waals surface area contributed by atoms with Crippen molar-refractivity contribution in [3.63, 3.8) is 0 Å². The highest BCUT2D eigenvalue weighted by molar-refractivity contribution is 7.81. The summed E-state index contributed by atoms with van der Waals surface area (Å²) in [6.07, 6.45) is 2.75. The quantitative estimate of drug-likeness (QED) is 0.570. The van der Waals surface area contributed by atoms with Crippen LogP contribution in [-0.2, 0) is 6.54 Å². The molecule has 0 fully saturated rings. The molecule has 0 aliphatic carbocycles. The van der Waals surface area contributed by atoms with Crippen molar-refractivity contribution in [3.05, 3.63) is 36.2 Å². The lowest BCUT2D eigenvalue weighted by Crippen LogP contribution is -2.26. The molecule has 0 unspecified atom stereocenters. The van der Waals surface area contributed by atoms with Crippen LogP contribution in [0.4, 0.5) is 22.0 Å². The highest BCUT2D eigenvalue weighted by Crippen LogP contribution is 2.29. The molecule has 0 saturated heterocycles. The van der Waals surface area contributed by atoms with Crippen molar-refractivity contribution in [2.45, 2.75) is 31.5 Å². The monoisotopic (exact) mass is 370 g/mol. The maximum Gasteiger partial charge on any atom is 0.438 e. The average molecular weight is 370 g/mol. The van der Waals surface area contributed by atoms with Crippen LogP contribution in [0.2, 0.25) is 0 Å². The lowest BCUT2D eigenvalue weighted by Gasteiger charge is -2.16. The van der Waals surface area contributed by atoms with E-state index in [1.807, 2.05) is 0 Å². The van der Waals surface area contributed by atoms with Gasteiger partial charge in [-0.3, -0.25) is 4.68 Å². The molecule has 24 heavy (non-hydrogen) atoms. The molecule has 10 heteroatoms. The van der Waals surface area contributed by atoms with Gasteiger partial charge >= 0.3 is 5.51 Å². The van der Waals surface area contributed by atoms with E-state index in [2.05, 4.69) is 17.7 Å². The predicted octanol–water partition coefficient (Wildman–Crippen LogP) is 3.74. The van der Waals surface area contributed by atoms with Gasteiger partial charge in [-0.2, -0.15) is 18.3 Å². The van der Waals surface area contributed by atoms with Gasteiger partial charge in [-0.05, 0) is 13.8 Å². The van der Waals surface area contributed by atoms with Crippen LogP contribution in [0, 0.1) is 11.6 Å². The van der Waals surface area contributed by atoms with Gasteiger partial charge in [0, 0.05) is 23.9 Å². The largest absolute Gasteiger partial charge is 0.508 e. The standard InChI is InChI=1S/C13H14F2N2O2.CHF3S/c1-13(2,19)7-17-6-8(5-16-17)12-10(14)3-9(18)4-11(12)15;2-1(3,4)5/h3-6,18-19H,7H2,1-2H3;5H. The van der Waals surface area contributed by atoms with E-state index in [0.29, 0.717) is 0 Å². The molecule has 0 saturated carbocycles. The second-order valence-corrected chi connectivity index (χ2v) is 6.00. The topological polar surface area (TPSA) is 58.3 Å². The fourth-order valence-electron chi connectivity index (χ4n) is 1.81. The van der Waals surface area contributed by atoms with E-state index >= 15 is 0 Å². The van der Waals surface area contributed by atoms with Crippen molar-refractivity contribution in [2.24, 2.45) is 0 Å². The summed E-state index contributed by atoms with van der Waals surface area (Å²) in [4.78, 5) is 0. The maximum atomic E-state index is 13.7. The van der Waals surface area contributed by atoms with Crippen molar-refractivity contribution in [2.75, 3.05) is 0 Å². The smallest absolute Gasteiger partial charge is 0.438 e. The van der Waals surface area contributed by atoms with Crippen molar-refractivity contribution < 1.29 is 32.2 Å². The van der Waals surface area contributed by atoms with Crippen molar-refractivity contribution in [1.29, 1.82) is 0 Å². The summed E-state index contributed by atoms with van der Waals surface area (Å²) in [6.45, 7) is 3.42. The number of hydrogen-bond donors (Lipinski definition) is 3. The highest BCUT2D eigenvalue weighted by atomic mass is 32.1. The van der Waals surface area contributed by atoms with E-state index < -0.39 is 28.5 Å². The molecule has 2 aromatic rings. The zero-order valence-electron chi connectivity index (χ0n) is 12.6. The summed E-state index contributed by atoms with van der Waals surface area (Å²) in [5, 5.41) is 22.7. The zero-order valence-corrected chi connectivity index (χ0v) is 13.5. The van der Waals surface area contributed by atoms with Crippen LogP contribution in [0.1, 0.15) is 13.8 Å². The van der Waals surface area contributed by atoms with Crippen LogP contribution in [0.15, 0.2) is 24.5 Å². The van der Waals surface area contributed by atoms with E-state index in [-0.39, 0.29) is 17.7 Å². The van der Waals surface area contributed by atoms with Crippen LogP contribution in [0.3, 0.4) is 0 Å². The second-order valence-electron chi connectivity index (χ2n) is 5.49. The lowest BCUT2D eigenvalue weighted by molar-refractivity contribution is -0.0303. The van der Waals surface area contributed by atoms with E-state index in [9.17, 15) is 27.1 Å². The third-order valence-corrected chi connectivity index (χ3v) is 2.50. The molecule has 1 aromatic carbocycles. The minimum Gasteiger partial charge on any atom is -0.508 e. The summed E-state index contributed by atoms with van der Waals surface area (Å²) in [5.41, 5.74) is -5.28. The van der Waals surface area contributed by atoms with Gasteiger partial charge in [0.25, 0.3) is 0 Å². The first-order chi connectivity index (χ1) is 10.8. The average Bonchev–Trinajstić information content (AvgIpc) is 2.70. The summed E-state index contributed by atoms with van der Waals surface area (Å²) < 4.78 is 59.4. The summed E-state index contributed by atoms with van der Waals surface area (Å²) >= 11 is 2.12. The van der Waals surface area contributed by atoms with Gasteiger partial charge in [0.05, 0.1) is 23.9 Å². The number of thiol groups is 1. The summed E-state index contributed by atoms with van der Waals surface area (Å²) in [6, 6.07) is 1.68. The van der Waals surface area contributed by atoms with Gasteiger partial charge in [-0.15, -0.1) is 0 Å². The Bertz CT molecular complexity index is 666. The molecule has 0 atom stereocenters. The number of rotatable bonds is 3. The molecule has 0 aliphatic heterocycles. The minimum absolute atomic E-state index is 0.203. The Morgan fingerprint density at radius 1 is 1.17 bits per heavy atom. The number of benzene rings is 1. The Hall–Kier alpha value is -1.81. The van der Waals surface area contributed by atoms with Crippen LogP contribution in [0.25, 0.3) is 11.1 Å². The van der Waals surface area contributed by atoms with Gasteiger partial charge in [0.1, 0.15) is 17.4 Å². The SMILES string of the molecule is CC(C)(O)Cn1cc(-c2c(F)cc(O)cc2F)cn1.FC(F)(F)S. The lowest BCUT2D eigenvalue weighted by atomic mass is 10.1. The van der Waals surface area contributed by atoms with Gasteiger partial charge < -0.3 is 10.2 Å². The molecule has 0 amide bonds. The Balaban J connectivity index is 0.000000505. The predicted molar refractivity (Wildman–Crippen MR) is 80.6 cm³/mol. The molecule has 0 bridgehead atoms. The molecule has 4 nitrogen and oxygen atoms in total. The Morgan fingerprint density at radius 3 is 2.04 bits per heavy atom. The number of phenols is 1. The molecule has 0 aliphatic rings. The first kappa shape index (κ1) is 20.2. The van der Waals surface area contributed by atoms with Crippen molar-refractivity contribution in [1.82, 2.24) is 9.78 Å². The zero-order chi connectivity index (χ0) is 18.7. The molecule has 1 heterocycles. The molecule has 1 aromatic heterocycles. The Morgan fingerprint density at radius 2 is 1.62 bits per heavy atom. The Labute approximate surface area is 139 Å². The summed E-state index contributed by atoms with van der Waals surface area (Å²) in [5.74, 6) is -2.19. The molecular formula is C14H15F5N2O2S. The molecule has 2 rings (SSSR count). The molecule has 134 valence electrons. The first-order valence-corrected chi connectivity index (χ1v) is 6.93.